The smallest absolute Gasteiger partial charge is 0.251 e. The first-order valence-corrected chi connectivity index (χ1v) is 11.0. The van der Waals surface area contributed by atoms with Gasteiger partial charge in [0.2, 0.25) is 0 Å². The summed E-state index contributed by atoms with van der Waals surface area (Å²) in [5.41, 5.74) is 2.09. The van der Waals surface area contributed by atoms with Gasteiger partial charge in [-0.25, -0.2) is 0 Å². The van der Waals surface area contributed by atoms with E-state index in [-0.39, 0.29) is 0 Å². The molecule has 1 heterocycles. The van der Waals surface area contributed by atoms with E-state index >= 15 is 0 Å². The molecule has 0 spiro atoms. The Morgan fingerprint density at radius 2 is 1.59 bits per heavy atom. The van der Waals surface area contributed by atoms with E-state index in [1.807, 2.05) is 12.1 Å². The van der Waals surface area contributed by atoms with Gasteiger partial charge < -0.3 is 0 Å². The Morgan fingerprint density at radius 3 is 2.14 bits per heavy atom. The lowest BCUT2D eigenvalue weighted by atomic mass is 9.73. The molecular formula is C25H32F3N. The third kappa shape index (κ3) is 5.83. The highest BCUT2D eigenvalue weighted by Gasteiger charge is 2.32. The Hall–Kier alpha value is -1.84. The quantitative estimate of drug-likeness (QED) is 0.424. The number of unbranched alkanes of at least 4 members (excludes halogenated alkanes) is 2. The summed E-state index contributed by atoms with van der Waals surface area (Å²) in [6.07, 6.45) is 7.66. The van der Waals surface area contributed by atoms with Crippen molar-refractivity contribution < 1.29 is 13.2 Å². The summed E-state index contributed by atoms with van der Waals surface area (Å²) in [5.74, 6) is 2.17. The van der Waals surface area contributed by atoms with E-state index in [4.69, 9.17) is 0 Å². The zero-order chi connectivity index (χ0) is 20.9. The summed E-state index contributed by atoms with van der Waals surface area (Å²) in [7, 11) is 0. The van der Waals surface area contributed by atoms with Crippen molar-refractivity contribution >= 4 is 0 Å². The molecule has 3 rings (SSSR count). The Kier molecular flexibility index (Phi) is 7.37. The van der Waals surface area contributed by atoms with E-state index in [1.165, 1.54) is 69.2 Å². The van der Waals surface area contributed by atoms with Crippen LogP contribution in [0.25, 0.3) is 11.1 Å². The molecule has 1 atom stereocenters. The van der Waals surface area contributed by atoms with Crippen LogP contribution in [0, 0.1) is 11.8 Å². The SMILES string of the molecule is CCCCCC1CCC(C(C)c2ccc(-c3ccc(C(F)(F)F)nc3)cc2)CC1. The topological polar surface area (TPSA) is 12.9 Å². The minimum absolute atomic E-state index is 0.520. The molecule has 0 saturated heterocycles. The monoisotopic (exact) mass is 403 g/mol. The van der Waals surface area contributed by atoms with Crippen LogP contribution >= 0.6 is 0 Å². The Balaban J connectivity index is 1.57. The van der Waals surface area contributed by atoms with Crippen LogP contribution in [0.3, 0.4) is 0 Å². The molecule has 4 heteroatoms. The molecule has 1 nitrogen and oxygen atoms in total. The van der Waals surface area contributed by atoms with Crippen molar-refractivity contribution in [3.8, 4) is 11.1 Å². The van der Waals surface area contributed by atoms with Gasteiger partial charge in [-0.2, -0.15) is 13.2 Å². The van der Waals surface area contributed by atoms with E-state index in [9.17, 15) is 13.2 Å². The molecule has 0 bridgehead atoms. The minimum atomic E-state index is -4.40. The average Bonchev–Trinajstić information content (AvgIpc) is 2.73. The van der Waals surface area contributed by atoms with Crippen molar-refractivity contribution in [1.29, 1.82) is 0 Å². The van der Waals surface area contributed by atoms with Gasteiger partial charge in [-0.15, -0.1) is 0 Å². The Bertz CT molecular complexity index is 741. The van der Waals surface area contributed by atoms with E-state index in [0.717, 1.165) is 23.5 Å². The van der Waals surface area contributed by atoms with Gasteiger partial charge in [0, 0.05) is 11.8 Å². The summed E-state index contributed by atoms with van der Waals surface area (Å²) in [5, 5.41) is 0. The number of pyridine rings is 1. The third-order valence-electron chi connectivity index (χ3n) is 6.64. The van der Waals surface area contributed by atoms with Crippen LogP contribution in [0.2, 0.25) is 0 Å². The van der Waals surface area contributed by atoms with Gasteiger partial charge in [-0.1, -0.05) is 82.7 Å². The first-order valence-electron chi connectivity index (χ1n) is 11.0. The van der Waals surface area contributed by atoms with Gasteiger partial charge in [0.25, 0.3) is 0 Å². The molecule has 0 radical (unpaired) electrons. The molecule has 1 unspecified atom stereocenters. The van der Waals surface area contributed by atoms with Crippen molar-refractivity contribution in [2.75, 3.05) is 0 Å². The number of hydrogen-bond donors (Lipinski definition) is 0. The van der Waals surface area contributed by atoms with Gasteiger partial charge in [0.1, 0.15) is 5.69 Å². The van der Waals surface area contributed by atoms with Crippen LogP contribution in [0.15, 0.2) is 42.6 Å². The van der Waals surface area contributed by atoms with E-state index < -0.39 is 11.9 Å². The summed E-state index contributed by atoms with van der Waals surface area (Å²) >= 11 is 0. The predicted octanol–water partition coefficient (Wildman–Crippen LogP) is 8.26. The maximum Gasteiger partial charge on any atom is 0.433 e. The molecule has 1 aliphatic rings. The summed E-state index contributed by atoms with van der Waals surface area (Å²) in [6.45, 7) is 4.58. The molecule has 158 valence electrons. The van der Waals surface area contributed by atoms with Crippen LogP contribution in [0.5, 0.6) is 0 Å². The number of benzene rings is 1. The summed E-state index contributed by atoms with van der Waals surface area (Å²) in [4.78, 5) is 3.57. The molecule has 1 aromatic heterocycles. The van der Waals surface area contributed by atoms with E-state index in [2.05, 4.69) is 31.0 Å². The van der Waals surface area contributed by atoms with Crippen molar-refractivity contribution in [3.63, 3.8) is 0 Å². The summed E-state index contributed by atoms with van der Waals surface area (Å²) < 4.78 is 38.0. The number of rotatable bonds is 7. The van der Waals surface area contributed by atoms with Gasteiger partial charge >= 0.3 is 6.18 Å². The molecule has 0 aliphatic heterocycles. The Morgan fingerprint density at radius 1 is 0.931 bits per heavy atom. The fourth-order valence-electron chi connectivity index (χ4n) is 4.64. The van der Waals surface area contributed by atoms with Gasteiger partial charge in [-0.3, -0.25) is 4.98 Å². The largest absolute Gasteiger partial charge is 0.433 e. The zero-order valence-corrected chi connectivity index (χ0v) is 17.5. The second-order valence-electron chi connectivity index (χ2n) is 8.62. The van der Waals surface area contributed by atoms with Crippen molar-refractivity contribution in [2.45, 2.75) is 77.3 Å². The van der Waals surface area contributed by atoms with Gasteiger partial charge in [0.15, 0.2) is 0 Å². The fourth-order valence-corrected chi connectivity index (χ4v) is 4.64. The lowest BCUT2D eigenvalue weighted by Gasteiger charge is -2.32. The minimum Gasteiger partial charge on any atom is -0.251 e. The number of aromatic nitrogens is 1. The van der Waals surface area contributed by atoms with Gasteiger partial charge in [0.05, 0.1) is 0 Å². The van der Waals surface area contributed by atoms with Crippen molar-refractivity contribution in [3.05, 3.63) is 53.9 Å². The zero-order valence-electron chi connectivity index (χ0n) is 17.5. The molecule has 2 aromatic rings. The molecule has 29 heavy (non-hydrogen) atoms. The Labute approximate surface area is 172 Å². The van der Waals surface area contributed by atoms with Crippen LogP contribution in [0.1, 0.15) is 82.4 Å². The lowest BCUT2D eigenvalue weighted by Crippen LogP contribution is -2.19. The highest BCUT2D eigenvalue weighted by molar-refractivity contribution is 5.62. The molecule has 0 N–H and O–H groups in total. The molecule has 1 aromatic carbocycles. The van der Waals surface area contributed by atoms with Crippen molar-refractivity contribution in [1.82, 2.24) is 4.98 Å². The normalized spacial score (nSPS) is 21.1. The second kappa shape index (κ2) is 9.77. The lowest BCUT2D eigenvalue weighted by molar-refractivity contribution is -0.141. The maximum absolute atomic E-state index is 12.7. The van der Waals surface area contributed by atoms with E-state index in [1.54, 1.807) is 0 Å². The highest BCUT2D eigenvalue weighted by Crippen LogP contribution is 2.40. The van der Waals surface area contributed by atoms with Crippen LogP contribution in [0.4, 0.5) is 13.2 Å². The maximum atomic E-state index is 12.7. The number of alkyl halides is 3. The molecule has 0 amide bonds. The summed E-state index contributed by atoms with van der Waals surface area (Å²) in [6, 6.07) is 10.8. The molecule has 1 aliphatic carbocycles. The fraction of sp³-hybridized carbons (Fsp3) is 0.560. The van der Waals surface area contributed by atoms with Crippen LogP contribution in [-0.2, 0) is 6.18 Å². The molecular weight excluding hydrogens is 371 g/mol. The number of hydrogen-bond acceptors (Lipinski definition) is 1. The third-order valence-corrected chi connectivity index (χ3v) is 6.64. The first-order chi connectivity index (χ1) is 13.9. The highest BCUT2D eigenvalue weighted by atomic mass is 19.4. The van der Waals surface area contributed by atoms with Crippen LogP contribution in [-0.4, -0.2) is 4.98 Å². The van der Waals surface area contributed by atoms with Crippen LogP contribution < -0.4 is 0 Å². The molecule has 1 fully saturated rings. The number of nitrogens with zero attached hydrogens (tertiary/aromatic N) is 1. The standard InChI is InChI=1S/C25H32F3N/c1-3-4-5-6-19-7-9-20(10-8-19)18(2)21-11-13-22(14-12-21)23-15-16-24(29-17-23)25(26,27)28/h11-20H,3-10H2,1-2H3. The second-order valence-corrected chi connectivity index (χ2v) is 8.62. The number of halogens is 3. The molecule has 1 saturated carbocycles. The first kappa shape index (κ1) is 21.9. The van der Waals surface area contributed by atoms with Crippen molar-refractivity contribution in [2.24, 2.45) is 11.8 Å². The predicted molar refractivity (Wildman–Crippen MR) is 113 cm³/mol. The average molecular weight is 404 g/mol. The van der Waals surface area contributed by atoms with Gasteiger partial charge in [-0.05, 0) is 47.8 Å². The van der Waals surface area contributed by atoms with E-state index in [0.29, 0.717) is 11.5 Å².